The Bertz CT molecular complexity index is 325. The van der Waals surface area contributed by atoms with E-state index in [2.05, 4.69) is 25.7 Å². The van der Waals surface area contributed by atoms with Crippen LogP contribution in [0, 0.1) is 5.92 Å². The molecule has 0 bridgehead atoms. The normalized spacial score (nSPS) is 37.2. The summed E-state index contributed by atoms with van der Waals surface area (Å²) in [6, 6.07) is 0.709. The molecule has 0 aromatic carbocycles. The Morgan fingerprint density at radius 3 is 2.40 bits per heavy atom. The third-order valence-corrected chi connectivity index (χ3v) is 5.31. The fourth-order valence-corrected chi connectivity index (χ4v) is 4.21. The zero-order valence-electron chi connectivity index (χ0n) is 14.0. The minimum atomic E-state index is -0.426. The average Bonchev–Trinajstić information content (AvgIpc) is 2.50. The Morgan fingerprint density at radius 1 is 1.15 bits per heavy atom. The first-order chi connectivity index (χ1) is 9.28. The molecule has 3 nitrogen and oxygen atoms in total. The van der Waals surface area contributed by atoms with Crippen molar-refractivity contribution in [2.45, 2.75) is 90.1 Å². The molecule has 2 aliphatic rings. The fourth-order valence-electron chi connectivity index (χ4n) is 4.21. The Kier molecular flexibility index (Phi) is 4.83. The van der Waals surface area contributed by atoms with Crippen molar-refractivity contribution in [3.63, 3.8) is 0 Å². The van der Waals surface area contributed by atoms with Crippen molar-refractivity contribution in [2.75, 3.05) is 13.1 Å². The zero-order chi connectivity index (χ0) is 15.0. The van der Waals surface area contributed by atoms with Gasteiger partial charge in [0, 0.05) is 18.5 Å². The van der Waals surface area contributed by atoms with Crippen molar-refractivity contribution in [1.29, 1.82) is 0 Å². The summed E-state index contributed by atoms with van der Waals surface area (Å²) < 4.78 is 6.12. The summed E-state index contributed by atoms with van der Waals surface area (Å²) in [6.07, 6.45) is 6.14. The van der Waals surface area contributed by atoms with E-state index in [1.165, 1.54) is 38.6 Å². The largest absolute Gasteiger partial charge is 0.390 e. The van der Waals surface area contributed by atoms with E-state index in [0.717, 1.165) is 6.54 Å². The van der Waals surface area contributed by atoms with Crippen molar-refractivity contribution < 1.29 is 9.84 Å². The van der Waals surface area contributed by atoms with Crippen LogP contribution in [0.4, 0.5) is 0 Å². The molecule has 3 unspecified atom stereocenters. The van der Waals surface area contributed by atoms with Gasteiger partial charge in [-0.15, -0.1) is 0 Å². The van der Waals surface area contributed by atoms with Gasteiger partial charge in [0.15, 0.2) is 0 Å². The number of aliphatic hydroxyl groups is 1. The zero-order valence-corrected chi connectivity index (χ0v) is 14.0. The lowest BCUT2D eigenvalue weighted by Gasteiger charge is -2.40. The molecule has 2 heterocycles. The maximum absolute atomic E-state index is 10.6. The van der Waals surface area contributed by atoms with Crippen LogP contribution in [0.15, 0.2) is 0 Å². The summed E-state index contributed by atoms with van der Waals surface area (Å²) in [4.78, 5) is 2.62. The second-order valence-electron chi connectivity index (χ2n) is 7.79. The summed E-state index contributed by atoms with van der Waals surface area (Å²) in [5, 5.41) is 10.6. The van der Waals surface area contributed by atoms with Crippen LogP contribution in [-0.2, 0) is 4.74 Å². The maximum atomic E-state index is 10.6. The minimum absolute atomic E-state index is 0.204. The number of ether oxygens (including phenoxy) is 1. The Labute approximate surface area is 124 Å². The van der Waals surface area contributed by atoms with E-state index in [1.54, 1.807) is 0 Å². The van der Waals surface area contributed by atoms with Crippen LogP contribution in [0.2, 0.25) is 0 Å². The Hall–Kier alpha value is -0.120. The predicted molar refractivity (Wildman–Crippen MR) is 82.9 cm³/mol. The fraction of sp³-hybridized carbons (Fsp3) is 1.00. The monoisotopic (exact) mass is 283 g/mol. The molecule has 1 N–H and O–H groups in total. The minimum Gasteiger partial charge on any atom is -0.390 e. The summed E-state index contributed by atoms with van der Waals surface area (Å²) in [7, 11) is 0. The van der Waals surface area contributed by atoms with E-state index in [9.17, 15) is 5.11 Å². The molecule has 3 heteroatoms. The number of aliphatic hydroxyl groups excluding tert-OH is 1. The molecule has 3 atom stereocenters. The molecule has 0 aromatic heterocycles. The molecule has 118 valence electrons. The predicted octanol–water partition coefficient (Wildman–Crippen LogP) is 3.21. The SMILES string of the molecule is CCCC1CCCCN1CC1C(O)C(C)(C)OC1(C)C. The van der Waals surface area contributed by atoms with Crippen LogP contribution in [0.5, 0.6) is 0 Å². The summed E-state index contributed by atoms with van der Waals surface area (Å²) in [5.41, 5.74) is -0.665. The quantitative estimate of drug-likeness (QED) is 0.860. The van der Waals surface area contributed by atoms with Gasteiger partial charge in [-0.05, 0) is 53.5 Å². The summed E-state index contributed by atoms with van der Waals surface area (Å²) in [5.74, 6) is 0.204. The molecular formula is C17H33NO2. The number of nitrogens with zero attached hydrogens (tertiary/aromatic N) is 1. The van der Waals surface area contributed by atoms with Crippen molar-refractivity contribution in [3.05, 3.63) is 0 Å². The van der Waals surface area contributed by atoms with Crippen LogP contribution in [0.1, 0.15) is 66.7 Å². The van der Waals surface area contributed by atoms with E-state index < -0.39 is 5.60 Å². The molecule has 2 rings (SSSR count). The van der Waals surface area contributed by atoms with Crippen molar-refractivity contribution in [2.24, 2.45) is 5.92 Å². The van der Waals surface area contributed by atoms with E-state index in [0.29, 0.717) is 6.04 Å². The van der Waals surface area contributed by atoms with E-state index >= 15 is 0 Å². The highest BCUT2D eigenvalue weighted by Crippen LogP contribution is 2.43. The van der Waals surface area contributed by atoms with Gasteiger partial charge in [-0.2, -0.15) is 0 Å². The Morgan fingerprint density at radius 2 is 1.85 bits per heavy atom. The molecular weight excluding hydrogens is 250 g/mol. The summed E-state index contributed by atoms with van der Waals surface area (Å²) >= 11 is 0. The van der Waals surface area contributed by atoms with Gasteiger partial charge in [-0.3, -0.25) is 4.90 Å². The number of rotatable bonds is 4. The molecule has 2 saturated heterocycles. The number of hydrogen-bond donors (Lipinski definition) is 1. The van der Waals surface area contributed by atoms with Crippen LogP contribution in [-0.4, -0.2) is 46.4 Å². The third kappa shape index (κ3) is 3.20. The highest BCUT2D eigenvalue weighted by atomic mass is 16.5. The third-order valence-electron chi connectivity index (χ3n) is 5.31. The molecule has 2 aliphatic heterocycles. The smallest absolute Gasteiger partial charge is 0.0896 e. The molecule has 2 fully saturated rings. The lowest BCUT2D eigenvalue weighted by molar-refractivity contribution is -0.0917. The lowest BCUT2D eigenvalue weighted by Crippen LogP contribution is -2.48. The van der Waals surface area contributed by atoms with Crippen molar-refractivity contribution in [1.82, 2.24) is 4.90 Å². The lowest BCUT2D eigenvalue weighted by atomic mass is 9.83. The van der Waals surface area contributed by atoms with E-state index in [4.69, 9.17) is 4.74 Å². The standard InChI is InChI=1S/C17H33NO2/c1-6-9-13-10-7-8-11-18(13)12-14-15(19)17(4,5)20-16(14,2)3/h13-15,19H,6-12H2,1-5H3. The van der Waals surface area contributed by atoms with Crippen LogP contribution < -0.4 is 0 Å². The van der Waals surface area contributed by atoms with Crippen molar-refractivity contribution in [3.8, 4) is 0 Å². The van der Waals surface area contributed by atoms with Gasteiger partial charge in [0.05, 0.1) is 17.3 Å². The highest BCUT2D eigenvalue weighted by Gasteiger charge is 2.53. The molecule has 0 aliphatic carbocycles. The van der Waals surface area contributed by atoms with Gasteiger partial charge < -0.3 is 9.84 Å². The number of piperidine rings is 1. The summed E-state index contributed by atoms with van der Waals surface area (Å²) in [6.45, 7) is 12.7. The number of likely N-dealkylation sites (tertiary alicyclic amines) is 1. The second kappa shape index (κ2) is 5.94. The van der Waals surface area contributed by atoms with Crippen LogP contribution in [0.25, 0.3) is 0 Å². The first-order valence-corrected chi connectivity index (χ1v) is 8.40. The van der Waals surface area contributed by atoms with Gasteiger partial charge in [0.1, 0.15) is 0 Å². The van der Waals surface area contributed by atoms with E-state index in [-0.39, 0.29) is 17.6 Å². The molecule has 0 amide bonds. The highest BCUT2D eigenvalue weighted by molar-refractivity contribution is 5.03. The van der Waals surface area contributed by atoms with Gasteiger partial charge in [0.2, 0.25) is 0 Å². The van der Waals surface area contributed by atoms with Crippen LogP contribution >= 0.6 is 0 Å². The topological polar surface area (TPSA) is 32.7 Å². The molecule has 0 radical (unpaired) electrons. The molecule has 0 spiro atoms. The second-order valence-corrected chi connectivity index (χ2v) is 7.79. The van der Waals surface area contributed by atoms with Crippen LogP contribution in [0.3, 0.4) is 0 Å². The van der Waals surface area contributed by atoms with Gasteiger partial charge in [0.25, 0.3) is 0 Å². The Balaban J connectivity index is 2.07. The molecule has 0 saturated carbocycles. The van der Waals surface area contributed by atoms with Crippen molar-refractivity contribution >= 4 is 0 Å². The average molecular weight is 283 g/mol. The first-order valence-electron chi connectivity index (χ1n) is 8.40. The molecule has 0 aromatic rings. The van der Waals surface area contributed by atoms with Gasteiger partial charge in [-0.25, -0.2) is 0 Å². The van der Waals surface area contributed by atoms with Gasteiger partial charge >= 0.3 is 0 Å². The molecule has 20 heavy (non-hydrogen) atoms. The van der Waals surface area contributed by atoms with Gasteiger partial charge in [-0.1, -0.05) is 19.8 Å². The first kappa shape index (κ1) is 16.3. The van der Waals surface area contributed by atoms with E-state index in [1.807, 2.05) is 13.8 Å². The maximum Gasteiger partial charge on any atom is 0.0896 e. The number of hydrogen-bond acceptors (Lipinski definition) is 3.